The SMILES string of the molecule is Cc1cc(NC(=O)C(C)Sc2nnc(Nc3ccc(SC(F)F)cc3)s2)on1. The van der Waals surface area contributed by atoms with E-state index < -0.39 is 11.0 Å². The molecule has 7 nitrogen and oxygen atoms in total. The molecule has 1 amide bonds. The largest absolute Gasteiger partial charge is 0.338 e. The van der Waals surface area contributed by atoms with Crippen LogP contribution in [0, 0.1) is 6.92 Å². The second-order valence-corrected chi connectivity index (χ2v) is 9.11. The van der Waals surface area contributed by atoms with Crippen molar-refractivity contribution in [3.63, 3.8) is 0 Å². The molecular weight excluding hydrogens is 428 g/mol. The fraction of sp³-hybridized carbons (Fsp3) is 0.250. The molecular formula is C16H15F2N5O2S3. The Hall–Kier alpha value is -2.18. The fourth-order valence-corrected chi connectivity index (χ4v) is 4.42. The molecule has 3 rings (SSSR count). The van der Waals surface area contributed by atoms with E-state index in [1.165, 1.54) is 23.1 Å². The van der Waals surface area contributed by atoms with Crippen molar-refractivity contribution in [2.45, 2.75) is 34.1 Å². The highest BCUT2D eigenvalue weighted by Crippen LogP contribution is 2.32. The van der Waals surface area contributed by atoms with Gasteiger partial charge in [-0.2, -0.15) is 8.78 Å². The number of carbonyl (C=O) groups is 1. The summed E-state index contributed by atoms with van der Waals surface area (Å²) in [5.74, 6) is -2.39. The van der Waals surface area contributed by atoms with E-state index >= 15 is 0 Å². The molecule has 1 atom stereocenters. The van der Waals surface area contributed by atoms with Gasteiger partial charge in [0.1, 0.15) is 0 Å². The summed E-state index contributed by atoms with van der Waals surface area (Å²) in [5, 5.41) is 17.6. The van der Waals surface area contributed by atoms with Gasteiger partial charge in [0.25, 0.3) is 5.76 Å². The van der Waals surface area contributed by atoms with Crippen LogP contribution in [0.4, 0.5) is 25.5 Å². The van der Waals surface area contributed by atoms with Crippen molar-refractivity contribution in [3.05, 3.63) is 36.0 Å². The molecule has 3 aromatic rings. The van der Waals surface area contributed by atoms with E-state index in [1.807, 2.05) is 0 Å². The van der Waals surface area contributed by atoms with Crippen molar-refractivity contribution < 1.29 is 18.1 Å². The Morgan fingerprint density at radius 3 is 2.61 bits per heavy atom. The predicted octanol–water partition coefficient (Wildman–Crippen LogP) is 5.01. The average Bonchev–Trinajstić information content (AvgIpc) is 3.25. The number of hydrogen-bond acceptors (Lipinski definition) is 9. The van der Waals surface area contributed by atoms with E-state index in [9.17, 15) is 13.6 Å². The number of amides is 1. The Kier molecular flexibility index (Phi) is 6.86. The number of aryl methyl sites for hydroxylation is 1. The predicted molar refractivity (Wildman–Crippen MR) is 107 cm³/mol. The number of nitrogens with zero attached hydrogens (tertiary/aromatic N) is 3. The maximum absolute atomic E-state index is 12.3. The van der Waals surface area contributed by atoms with Gasteiger partial charge in [-0.15, -0.1) is 10.2 Å². The first kappa shape index (κ1) is 20.6. The number of carbonyl (C=O) groups excluding carboxylic acids is 1. The minimum Gasteiger partial charge on any atom is -0.338 e. The van der Waals surface area contributed by atoms with Crippen LogP contribution >= 0.6 is 34.9 Å². The molecule has 0 saturated heterocycles. The highest BCUT2D eigenvalue weighted by molar-refractivity contribution is 8.02. The van der Waals surface area contributed by atoms with Crippen LogP contribution in [0.5, 0.6) is 0 Å². The van der Waals surface area contributed by atoms with Gasteiger partial charge in [0, 0.05) is 16.6 Å². The number of aromatic nitrogens is 3. The van der Waals surface area contributed by atoms with Crippen LogP contribution in [0.15, 0.2) is 44.1 Å². The summed E-state index contributed by atoms with van der Waals surface area (Å²) in [7, 11) is 0. The number of alkyl halides is 2. The summed E-state index contributed by atoms with van der Waals surface area (Å²) in [6.45, 7) is 3.51. The first-order chi connectivity index (χ1) is 13.4. The van der Waals surface area contributed by atoms with Gasteiger partial charge in [0.15, 0.2) is 4.34 Å². The zero-order valence-electron chi connectivity index (χ0n) is 14.7. The van der Waals surface area contributed by atoms with E-state index in [0.717, 1.165) is 0 Å². The quantitative estimate of drug-likeness (QED) is 0.469. The molecule has 0 fully saturated rings. The van der Waals surface area contributed by atoms with Gasteiger partial charge in [-0.05, 0) is 38.1 Å². The summed E-state index contributed by atoms with van der Waals surface area (Å²) >= 11 is 3.04. The number of nitrogens with one attached hydrogen (secondary N) is 2. The van der Waals surface area contributed by atoms with Gasteiger partial charge < -0.3 is 9.84 Å². The number of anilines is 3. The van der Waals surface area contributed by atoms with Gasteiger partial charge in [0.05, 0.1) is 10.9 Å². The molecule has 0 saturated carbocycles. The van der Waals surface area contributed by atoms with Gasteiger partial charge >= 0.3 is 0 Å². The molecule has 2 N–H and O–H groups in total. The summed E-state index contributed by atoms with van der Waals surface area (Å²) in [4.78, 5) is 12.7. The van der Waals surface area contributed by atoms with Crippen molar-refractivity contribution >= 4 is 57.5 Å². The van der Waals surface area contributed by atoms with E-state index in [2.05, 4.69) is 26.0 Å². The van der Waals surface area contributed by atoms with Crippen LogP contribution in [0.2, 0.25) is 0 Å². The molecule has 12 heteroatoms. The van der Waals surface area contributed by atoms with E-state index in [1.54, 1.807) is 44.2 Å². The number of thioether (sulfide) groups is 2. The zero-order chi connectivity index (χ0) is 20.1. The topological polar surface area (TPSA) is 92.9 Å². The third kappa shape index (κ3) is 5.91. The number of halogens is 2. The Bertz CT molecular complexity index is 933. The first-order valence-electron chi connectivity index (χ1n) is 7.95. The Morgan fingerprint density at radius 1 is 1.21 bits per heavy atom. The van der Waals surface area contributed by atoms with Gasteiger partial charge in [-0.1, -0.05) is 40.0 Å². The van der Waals surface area contributed by atoms with Crippen molar-refractivity contribution in [2.24, 2.45) is 0 Å². The highest BCUT2D eigenvalue weighted by Gasteiger charge is 2.19. The molecule has 148 valence electrons. The number of rotatable bonds is 8. The third-order valence-corrected chi connectivity index (χ3v) is 6.00. The summed E-state index contributed by atoms with van der Waals surface area (Å²) in [6.07, 6.45) is 0. The second kappa shape index (κ2) is 9.34. The van der Waals surface area contributed by atoms with Crippen LogP contribution in [-0.2, 0) is 4.79 Å². The molecule has 2 aromatic heterocycles. The van der Waals surface area contributed by atoms with Crippen molar-refractivity contribution in [2.75, 3.05) is 10.6 Å². The van der Waals surface area contributed by atoms with Crippen LogP contribution < -0.4 is 10.6 Å². The van der Waals surface area contributed by atoms with Crippen LogP contribution in [-0.4, -0.2) is 32.3 Å². The minimum absolute atomic E-state index is 0.238. The van der Waals surface area contributed by atoms with Crippen molar-refractivity contribution in [1.82, 2.24) is 15.4 Å². The zero-order valence-corrected chi connectivity index (χ0v) is 17.1. The van der Waals surface area contributed by atoms with Crippen molar-refractivity contribution in [1.29, 1.82) is 0 Å². The van der Waals surface area contributed by atoms with Crippen LogP contribution in [0.1, 0.15) is 12.6 Å². The standard InChI is InChI=1S/C16H15F2N5O2S3/c1-8-7-12(25-23-8)20-13(24)9(2)26-16-22-21-15(28-16)19-10-3-5-11(6-4-10)27-14(17)18/h3-7,9,14H,1-2H3,(H,19,21)(H,20,24). The summed E-state index contributed by atoms with van der Waals surface area (Å²) in [5.41, 5.74) is 1.38. The average molecular weight is 444 g/mol. The third-order valence-electron chi connectivity index (χ3n) is 3.26. The monoisotopic (exact) mass is 443 g/mol. The fourth-order valence-electron chi connectivity index (χ4n) is 2.00. The van der Waals surface area contributed by atoms with E-state index in [-0.39, 0.29) is 5.91 Å². The lowest BCUT2D eigenvalue weighted by atomic mass is 10.3. The van der Waals surface area contributed by atoms with Gasteiger partial charge in [-0.3, -0.25) is 10.1 Å². The molecule has 2 heterocycles. The number of hydrogen-bond donors (Lipinski definition) is 2. The Morgan fingerprint density at radius 2 is 1.96 bits per heavy atom. The second-order valence-electron chi connectivity index (χ2n) is 5.48. The minimum atomic E-state index is -2.45. The normalized spacial score (nSPS) is 12.2. The lowest BCUT2D eigenvalue weighted by Crippen LogP contribution is -2.22. The van der Waals surface area contributed by atoms with E-state index in [0.29, 0.717) is 43.4 Å². The molecule has 0 spiro atoms. The van der Waals surface area contributed by atoms with Crippen LogP contribution in [0.25, 0.3) is 0 Å². The molecule has 0 aliphatic carbocycles. The Balaban J connectivity index is 1.54. The molecule has 0 aliphatic heterocycles. The van der Waals surface area contributed by atoms with Crippen LogP contribution in [0.3, 0.4) is 0 Å². The smallest absolute Gasteiger partial charge is 0.288 e. The maximum atomic E-state index is 12.3. The molecule has 1 aromatic carbocycles. The highest BCUT2D eigenvalue weighted by atomic mass is 32.2. The summed E-state index contributed by atoms with van der Waals surface area (Å²) in [6, 6.07) is 8.22. The molecule has 28 heavy (non-hydrogen) atoms. The summed E-state index contributed by atoms with van der Waals surface area (Å²) < 4.78 is 30.3. The molecule has 0 aliphatic rings. The maximum Gasteiger partial charge on any atom is 0.288 e. The van der Waals surface area contributed by atoms with Gasteiger partial charge in [0.2, 0.25) is 16.9 Å². The Labute approximate surface area is 171 Å². The van der Waals surface area contributed by atoms with Gasteiger partial charge in [-0.25, -0.2) is 0 Å². The van der Waals surface area contributed by atoms with Crippen molar-refractivity contribution in [3.8, 4) is 0 Å². The first-order valence-corrected chi connectivity index (χ1v) is 10.5. The molecule has 0 radical (unpaired) electrons. The lowest BCUT2D eigenvalue weighted by molar-refractivity contribution is -0.115. The van der Waals surface area contributed by atoms with E-state index in [4.69, 9.17) is 4.52 Å². The number of benzene rings is 1. The molecule has 0 bridgehead atoms. The molecule has 1 unspecified atom stereocenters. The lowest BCUT2D eigenvalue weighted by Gasteiger charge is -2.07.